The third-order valence-electron chi connectivity index (χ3n) is 5.28. The molecule has 0 aromatic heterocycles. The quantitative estimate of drug-likeness (QED) is 0.473. The third-order valence-corrected chi connectivity index (χ3v) is 5.75. The van der Waals surface area contributed by atoms with Gasteiger partial charge in [-0.15, -0.1) is 0 Å². The van der Waals surface area contributed by atoms with Crippen molar-refractivity contribution in [1.29, 1.82) is 0 Å². The number of carbonyl (C=O) groups is 2. The lowest BCUT2D eigenvalue weighted by Gasteiger charge is -2.18. The van der Waals surface area contributed by atoms with E-state index in [1.807, 2.05) is 51.1 Å². The monoisotopic (exact) mass is 450 g/mol. The summed E-state index contributed by atoms with van der Waals surface area (Å²) >= 11 is 12.2. The first kappa shape index (κ1) is 21.2. The van der Waals surface area contributed by atoms with Crippen LogP contribution in [-0.4, -0.2) is 11.8 Å². The minimum absolute atomic E-state index is 0.216. The molecule has 1 heterocycles. The highest BCUT2D eigenvalue weighted by Crippen LogP contribution is 2.36. The first-order valence-corrected chi connectivity index (χ1v) is 10.5. The molecule has 0 aliphatic carbocycles. The molecule has 4 rings (SSSR count). The molecule has 1 aliphatic rings. The van der Waals surface area contributed by atoms with Crippen LogP contribution >= 0.6 is 23.2 Å². The van der Waals surface area contributed by atoms with Crippen LogP contribution in [0.2, 0.25) is 10.0 Å². The second-order valence-electron chi connectivity index (χ2n) is 7.58. The smallest absolute Gasteiger partial charge is 0.282 e. The van der Waals surface area contributed by atoms with Gasteiger partial charge in [0.1, 0.15) is 5.70 Å². The molecule has 3 aromatic rings. The predicted octanol–water partition coefficient (Wildman–Crippen LogP) is 6.32. The summed E-state index contributed by atoms with van der Waals surface area (Å²) in [5, 5.41) is 4.26. The van der Waals surface area contributed by atoms with Gasteiger partial charge in [-0.1, -0.05) is 59.1 Å². The fourth-order valence-electron chi connectivity index (χ4n) is 3.59. The van der Waals surface area contributed by atoms with Crippen LogP contribution in [0.5, 0.6) is 0 Å². The van der Waals surface area contributed by atoms with E-state index < -0.39 is 5.91 Å². The molecule has 0 saturated heterocycles. The Labute approximate surface area is 191 Å². The van der Waals surface area contributed by atoms with Crippen LogP contribution in [0.1, 0.15) is 22.3 Å². The summed E-state index contributed by atoms with van der Waals surface area (Å²) in [5.41, 5.74) is 5.07. The van der Waals surface area contributed by atoms with Gasteiger partial charge in [0.05, 0.1) is 11.3 Å². The first-order chi connectivity index (χ1) is 14.8. The highest BCUT2D eigenvalue weighted by molar-refractivity contribution is 6.46. The van der Waals surface area contributed by atoms with Gasteiger partial charge in [-0.2, -0.15) is 0 Å². The number of rotatable bonds is 4. The van der Waals surface area contributed by atoms with E-state index in [1.54, 1.807) is 30.3 Å². The Morgan fingerprint density at radius 3 is 2.06 bits per heavy atom. The van der Waals surface area contributed by atoms with Crippen molar-refractivity contribution in [2.45, 2.75) is 20.8 Å². The first-order valence-electron chi connectivity index (χ1n) is 9.75. The van der Waals surface area contributed by atoms with Crippen LogP contribution in [0.25, 0.3) is 5.57 Å². The fourth-order valence-corrected chi connectivity index (χ4v) is 3.98. The maximum absolute atomic E-state index is 13.5. The van der Waals surface area contributed by atoms with Crippen LogP contribution in [0.4, 0.5) is 11.4 Å². The average molecular weight is 451 g/mol. The fraction of sp³-hybridized carbons (Fsp3) is 0.120. The summed E-state index contributed by atoms with van der Waals surface area (Å²) in [5.74, 6) is -0.813. The number of imide groups is 1. The normalized spacial score (nSPS) is 13.9. The molecule has 2 amide bonds. The Bertz CT molecular complexity index is 1250. The molecule has 1 aliphatic heterocycles. The second-order valence-corrected chi connectivity index (χ2v) is 8.45. The van der Waals surface area contributed by atoms with E-state index >= 15 is 0 Å². The number of halogens is 2. The lowest BCUT2D eigenvalue weighted by atomic mass is 10.0. The van der Waals surface area contributed by atoms with Gasteiger partial charge in [-0.3, -0.25) is 9.59 Å². The van der Waals surface area contributed by atoms with Crippen molar-refractivity contribution in [3.05, 3.63) is 98.7 Å². The molecule has 1 N–H and O–H groups in total. The number of amides is 2. The standard InChI is InChI=1S/C25H20Cl2N2O2/c1-14-4-7-17(8-5-14)22-23(28-20-13-19(27)9-6-15(20)2)25(31)29(24(22)30)21-11-10-18(26)12-16(21)3/h4-13,28H,1-3H3. The minimum Gasteiger partial charge on any atom is -0.350 e. The summed E-state index contributed by atoms with van der Waals surface area (Å²) in [6.07, 6.45) is 0. The predicted molar refractivity (Wildman–Crippen MR) is 127 cm³/mol. The van der Waals surface area contributed by atoms with E-state index in [9.17, 15) is 9.59 Å². The Morgan fingerprint density at radius 1 is 0.742 bits per heavy atom. The molecule has 0 fully saturated rings. The Morgan fingerprint density at radius 2 is 1.39 bits per heavy atom. The zero-order valence-corrected chi connectivity index (χ0v) is 18.8. The van der Waals surface area contributed by atoms with Gasteiger partial charge in [-0.25, -0.2) is 4.90 Å². The minimum atomic E-state index is -0.426. The van der Waals surface area contributed by atoms with Gasteiger partial charge in [0, 0.05) is 15.7 Å². The highest BCUT2D eigenvalue weighted by Gasteiger charge is 2.41. The van der Waals surface area contributed by atoms with Crippen LogP contribution in [0.3, 0.4) is 0 Å². The van der Waals surface area contributed by atoms with Gasteiger partial charge in [0.25, 0.3) is 11.8 Å². The average Bonchev–Trinajstić information content (AvgIpc) is 2.96. The number of benzene rings is 3. The van der Waals surface area contributed by atoms with Gasteiger partial charge in [0.15, 0.2) is 0 Å². The molecule has 0 saturated carbocycles. The Balaban J connectivity index is 1.87. The van der Waals surface area contributed by atoms with E-state index in [0.717, 1.165) is 16.7 Å². The van der Waals surface area contributed by atoms with Crippen LogP contribution in [0.15, 0.2) is 66.4 Å². The van der Waals surface area contributed by atoms with E-state index in [1.165, 1.54) is 4.90 Å². The zero-order valence-electron chi connectivity index (χ0n) is 17.3. The Kier molecular flexibility index (Phi) is 5.61. The van der Waals surface area contributed by atoms with Crippen molar-refractivity contribution < 1.29 is 9.59 Å². The molecule has 0 radical (unpaired) electrons. The molecule has 4 nitrogen and oxygen atoms in total. The SMILES string of the molecule is Cc1ccc(C2=C(Nc3cc(Cl)ccc3C)C(=O)N(c3ccc(Cl)cc3C)C2=O)cc1. The van der Waals surface area contributed by atoms with E-state index in [4.69, 9.17) is 23.2 Å². The van der Waals surface area contributed by atoms with Crippen molar-refractivity contribution in [3.8, 4) is 0 Å². The van der Waals surface area contributed by atoms with E-state index in [-0.39, 0.29) is 11.6 Å². The van der Waals surface area contributed by atoms with Gasteiger partial charge in [0.2, 0.25) is 0 Å². The van der Waals surface area contributed by atoms with E-state index in [0.29, 0.717) is 32.6 Å². The summed E-state index contributed by atoms with van der Waals surface area (Å²) in [7, 11) is 0. The molecule has 156 valence electrons. The van der Waals surface area contributed by atoms with Gasteiger partial charge < -0.3 is 5.32 Å². The van der Waals surface area contributed by atoms with Crippen molar-refractivity contribution in [1.82, 2.24) is 0 Å². The zero-order chi connectivity index (χ0) is 22.3. The maximum Gasteiger partial charge on any atom is 0.282 e. The summed E-state index contributed by atoms with van der Waals surface area (Å²) < 4.78 is 0. The summed E-state index contributed by atoms with van der Waals surface area (Å²) in [4.78, 5) is 28.3. The third kappa shape index (κ3) is 3.97. The molecule has 0 spiro atoms. The second kappa shape index (κ2) is 8.22. The molecular formula is C25H20Cl2N2O2. The van der Waals surface area contributed by atoms with Gasteiger partial charge in [-0.05, 0) is 67.8 Å². The number of hydrogen-bond acceptors (Lipinski definition) is 3. The van der Waals surface area contributed by atoms with Gasteiger partial charge >= 0.3 is 0 Å². The van der Waals surface area contributed by atoms with E-state index in [2.05, 4.69) is 5.32 Å². The largest absolute Gasteiger partial charge is 0.350 e. The molecule has 0 unspecified atom stereocenters. The summed E-state index contributed by atoms with van der Waals surface area (Å²) in [6, 6.07) is 18.0. The molecular weight excluding hydrogens is 431 g/mol. The van der Waals surface area contributed by atoms with Crippen molar-refractivity contribution >= 4 is 52.0 Å². The molecule has 31 heavy (non-hydrogen) atoms. The van der Waals surface area contributed by atoms with Crippen LogP contribution in [0, 0.1) is 20.8 Å². The van der Waals surface area contributed by atoms with Crippen LogP contribution in [-0.2, 0) is 9.59 Å². The number of carbonyl (C=O) groups excluding carboxylic acids is 2. The molecule has 6 heteroatoms. The van der Waals surface area contributed by atoms with Crippen LogP contribution < -0.4 is 10.2 Å². The highest BCUT2D eigenvalue weighted by atomic mass is 35.5. The maximum atomic E-state index is 13.5. The lowest BCUT2D eigenvalue weighted by molar-refractivity contribution is -0.120. The topological polar surface area (TPSA) is 49.4 Å². The lowest BCUT2D eigenvalue weighted by Crippen LogP contribution is -2.33. The molecule has 0 atom stereocenters. The van der Waals surface area contributed by atoms with Crippen molar-refractivity contribution in [2.24, 2.45) is 0 Å². The Hall–Kier alpha value is -3.08. The number of aryl methyl sites for hydroxylation is 3. The number of nitrogens with one attached hydrogen (secondary N) is 1. The summed E-state index contributed by atoms with van der Waals surface area (Å²) in [6.45, 7) is 5.70. The molecule has 3 aromatic carbocycles. The number of nitrogens with zero attached hydrogens (tertiary/aromatic N) is 1. The van der Waals surface area contributed by atoms with Crippen molar-refractivity contribution in [3.63, 3.8) is 0 Å². The number of anilines is 2. The molecule has 0 bridgehead atoms. The number of hydrogen-bond donors (Lipinski definition) is 1. The van der Waals surface area contributed by atoms with Crippen molar-refractivity contribution in [2.75, 3.05) is 10.2 Å².